The van der Waals surface area contributed by atoms with E-state index >= 15 is 0 Å². The Labute approximate surface area is 275 Å². The predicted octanol–water partition coefficient (Wildman–Crippen LogP) is 7.70. The van der Waals surface area contributed by atoms with Crippen molar-refractivity contribution in [1.82, 2.24) is 0 Å². The number of hydrogen-bond donors (Lipinski definition) is 0. The zero-order valence-electron chi connectivity index (χ0n) is 26.4. The van der Waals surface area contributed by atoms with Gasteiger partial charge in [-0.3, -0.25) is 4.89 Å². The maximum absolute atomic E-state index is 12.7. The van der Waals surface area contributed by atoms with Gasteiger partial charge in [0.05, 0.1) is 30.4 Å². The summed E-state index contributed by atoms with van der Waals surface area (Å²) in [6, 6.07) is 21.0. The van der Waals surface area contributed by atoms with E-state index in [4.69, 9.17) is 19.1 Å². The summed E-state index contributed by atoms with van der Waals surface area (Å²) in [5, 5.41) is 0. The molecule has 240 valence electrons. The van der Waals surface area contributed by atoms with Crippen LogP contribution in [0.15, 0.2) is 72.8 Å². The van der Waals surface area contributed by atoms with Crippen molar-refractivity contribution >= 4 is 11.9 Å². The first-order chi connectivity index (χ1) is 23.0. The van der Waals surface area contributed by atoms with Gasteiger partial charge in [-0.2, -0.15) is 4.89 Å². The fraction of sp³-hybridized carbons (Fsp3) is 0.282. The Hall–Kier alpha value is -5.67. The van der Waals surface area contributed by atoms with Crippen LogP contribution in [0, 0.1) is 47.8 Å². The highest BCUT2D eigenvalue weighted by Gasteiger charge is 2.14. The summed E-state index contributed by atoms with van der Waals surface area (Å²) in [5.41, 5.74) is 2.68. The second-order valence-corrected chi connectivity index (χ2v) is 10.1. The highest BCUT2D eigenvalue weighted by molar-refractivity contribution is 5.92. The van der Waals surface area contributed by atoms with E-state index < -0.39 is 5.97 Å². The third kappa shape index (κ3) is 13.9. The van der Waals surface area contributed by atoms with Crippen LogP contribution in [0.25, 0.3) is 11.1 Å². The van der Waals surface area contributed by atoms with Crippen molar-refractivity contribution in [2.24, 2.45) is 0 Å². The second kappa shape index (κ2) is 21.1. The van der Waals surface area contributed by atoms with Crippen LogP contribution in [-0.2, 0) is 14.5 Å². The first kappa shape index (κ1) is 35.8. The second-order valence-electron chi connectivity index (χ2n) is 10.1. The number of carbonyl (C=O) groups excluding carboxylic acids is 2. The lowest BCUT2D eigenvalue weighted by Crippen LogP contribution is -2.15. The molecule has 0 aliphatic carbocycles. The average molecular weight is 635 g/mol. The molecule has 0 fully saturated rings. The fourth-order valence-electron chi connectivity index (χ4n) is 4.11. The molecule has 0 aliphatic heterocycles. The number of rotatable bonds is 16. The van der Waals surface area contributed by atoms with Crippen molar-refractivity contribution in [3.05, 3.63) is 83.9 Å². The van der Waals surface area contributed by atoms with Crippen LogP contribution < -0.4 is 9.47 Å². The van der Waals surface area contributed by atoms with E-state index in [0.717, 1.165) is 43.0 Å². The largest absolute Gasteiger partial charge is 0.494 e. The van der Waals surface area contributed by atoms with E-state index in [9.17, 15) is 14.0 Å². The number of halogens is 1. The maximum atomic E-state index is 12.7. The number of hydrogen-bond acceptors (Lipinski definition) is 7. The molecule has 0 bridgehead atoms. The van der Waals surface area contributed by atoms with Gasteiger partial charge in [0.15, 0.2) is 6.11 Å². The van der Waals surface area contributed by atoms with E-state index in [2.05, 4.69) is 47.5 Å². The topological polar surface area (TPSA) is 80.3 Å². The van der Waals surface area contributed by atoms with Crippen LogP contribution in [0.3, 0.4) is 0 Å². The van der Waals surface area contributed by atoms with Crippen LogP contribution >= 0.6 is 0 Å². The summed E-state index contributed by atoms with van der Waals surface area (Å²) in [5.74, 6) is 13.6. The molecule has 0 heterocycles. The molecular formula is C39H35FO7. The van der Waals surface area contributed by atoms with E-state index in [0.29, 0.717) is 35.7 Å². The summed E-state index contributed by atoms with van der Waals surface area (Å²) < 4.78 is 28.3. The molecule has 8 heteroatoms. The van der Waals surface area contributed by atoms with Crippen molar-refractivity contribution in [3.8, 4) is 70.4 Å². The summed E-state index contributed by atoms with van der Waals surface area (Å²) in [6.07, 6.45) is 9.15. The van der Waals surface area contributed by atoms with Crippen LogP contribution in [0.4, 0.5) is 4.39 Å². The molecule has 1 atom stereocenters. The molecule has 0 aromatic heterocycles. The van der Waals surface area contributed by atoms with Crippen LogP contribution in [0.5, 0.6) is 11.5 Å². The minimum atomic E-state index is -0.501. The Morgan fingerprint density at radius 3 is 1.96 bits per heavy atom. The molecule has 0 amide bonds. The monoisotopic (exact) mass is 634 g/mol. The quantitative estimate of drug-likeness (QED) is 0.0399. The van der Waals surface area contributed by atoms with Gasteiger partial charge in [-0.1, -0.05) is 50.5 Å². The van der Waals surface area contributed by atoms with E-state index in [-0.39, 0.29) is 18.7 Å². The Bertz CT molecular complexity index is 1680. The van der Waals surface area contributed by atoms with Crippen molar-refractivity contribution in [2.75, 3.05) is 13.2 Å². The van der Waals surface area contributed by atoms with Crippen molar-refractivity contribution in [3.63, 3.8) is 0 Å². The lowest BCUT2D eigenvalue weighted by Gasteiger charge is -2.13. The highest BCUT2D eigenvalue weighted by Crippen LogP contribution is 2.24. The Kier molecular flexibility index (Phi) is 16.1. The highest BCUT2D eigenvalue weighted by atomic mass is 19.1. The Balaban J connectivity index is 1.38. The van der Waals surface area contributed by atoms with Gasteiger partial charge in [0, 0.05) is 41.9 Å². The molecule has 3 rings (SSSR count). The van der Waals surface area contributed by atoms with Gasteiger partial charge in [0.1, 0.15) is 17.7 Å². The lowest BCUT2D eigenvalue weighted by molar-refractivity contribution is -0.237. The molecule has 3 aromatic rings. The smallest absolute Gasteiger partial charge is 0.343 e. The molecule has 47 heavy (non-hydrogen) atoms. The lowest BCUT2D eigenvalue weighted by atomic mass is 10.0. The number of esters is 2. The first-order valence-electron chi connectivity index (χ1n) is 15.3. The van der Waals surface area contributed by atoms with Crippen molar-refractivity contribution < 1.29 is 38.0 Å². The van der Waals surface area contributed by atoms with Gasteiger partial charge < -0.3 is 14.2 Å². The van der Waals surface area contributed by atoms with Gasteiger partial charge in [-0.15, -0.1) is 4.39 Å². The zero-order chi connectivity index (χ0) is 33.5. The standard InChI is InChI=1S/C39H35FO7/c1-3-4-5-10-14-31(2)46-38(41)35-21-25-37(26-22-35)47-39(42)34-17-15-32(16-18-34)33-19-23-36(24-20-33)43-28-13-30-45-44-29-12-9-7-6-8-11-27-40/h15-26,31H,3-5,10,13-14,28,30H2,1-2H3. The van der Waals surface area contributed by atoms with E-state index in [1.54, 1.807) is 36.4 Å². The van der Waals surface area contributed by atoms with Gasteiger partial charge >= 0.3 is 11.9 Å². The third-order valence-electron chi connectivity index (χ3n) is 6.53. The molecule has 0 spiro atoms. The predicted molar refractivity (Wildman–Crippen MR) is 176 cm³/mol. The van der Waals surface area contributed by atoms with Gasteiger partial charge in [-0.25, -0.2) is 9.59 Å². The van der Waals surface area contributed by atoms with E-state index in [1.165, 1.54) is 6.42 Å². The SMILES string of the molecule is CCCCCCC(C)OC(=O)c1ccc(OC(=O)c2ccc(-c3ccc(OCCCOOC#CC#CC#CC#CF)cc3)cc2)cc1. The molecule has 0 aliphatic rings. The van der Waals surface area contributed by atoms with E-state index in [1.807, 2.05) is 49.2 Å². The molecular weight excluding hydrogens is 599 g/mol. The van der Waals surface area contributed by atoms with Crippen molar-refractivity contribution in [2.45, 2.75) is 58.5 Å². The van der Waals surface area contributed by atoms with Crippen LogP contribution in [0.1, 0.15) is 73.1 Å². The van der Waals surface area contributed by atoms with Gasteiger partial charge in [0.25, 0.3) is 0 Å². The minimum Gasteiger partial charge on any atom is -0.494 e. The summed E-state index contributed by atoms with van der Waals surface area (Å²) in [7, 11) is 0. The number of unbranched alkanes of at least 4 members (excludes halogenated alkanes) is 3. The minimum absolute atomic E-state index is 0.150. The number of carbonyl (C=O) groups is 2. The van der Waals surface area contributed by atoms with Gasteiger partial charge in [0.2, 0.25) is 0 Å². The Morgan fingerprint density at radius 1 is 0.681 bits per heavy atom. The van der Waals surface area contributed by atoms with Crippen LogP contribution in [-0.4, -0.2) is 31.3 Å². The number of ether oxygens (including phenoxy) is 3. The molecule has 0 saturated carbocycles. The molecule has 1 unspecified atom stereocenters. The fourth-order valence-corrected chi connectivity index (χ4v) is 4.11. The Morgan fingerprint density at radius 2 is 1.28 bits per heavy atom. The summed E-state index contributed by atoms with van der Waals surface area (Å²) in [6.45, 7) is 4.73. The molecule has 0 N–H and O–H groups in total. The molecule has 0 saturated heterocycles. The average Bonchev–Trinajstić information content (AvgIpc) is 3.09. The molecule has 0 radical (unpaired) electrons. The van der Waals surface area contributed by atoms with Crippen molar-refractivity contribution in [1.29, 1.82) is 0 Å². The van der Waals surface area contributed by atoms with Gasteiger partial charge in [-0.05, 0) is 79.4 Å². The normalized spacial score (nSPS) is 10.2. The first-order valence-corrected chi connectivity index (χ1v) is 15.3. The summed E-state index contributed by atoms with van der Waals surface area (Å²) >= 11 is 0. The molecule has 3 aromatic carbocycles. The number of benzene rings is 3. The summed E-state index contributed by atoms with van der Waals surface area (Å²) in [4.78, 5) is 34.7. The maximum Gasteiger partial charge on any atom is 0.343 e. The third-order valence-corrected chi connectivity index (χ3v) is 6.53. The van der Waals surface area contributed by atoms with Crippen LogP contribution in [0.2, 0.25) is 0 Å². The zero-order valence-corrected chi connectivity index (χ0v) is 26.4. The molecule has 7 nitrogen and oxygen atoms in total.